The van der Waals surface area contributed by atoms with Crippen LogP contribution in [-0.2, 0) is 24.3 Å². The first-order valence-electron chi connectivity index (χ1n) is 5.57. The maximum absolute atomic E-state index is 13.6. The van der Waals surface area contributed by atoms with Crippen molar-refractivity contribution in [2.75, 3.05) is 13.7 Å². The van der Waals surface area contributed by atoms with E-state index in [9.17, 15) is 17.6 Å². The zero-order chi connectivity index (χ0) is 15.3. The van der Waals surface area contributed by atoms with Gasteiger partial charge in [-0.25, -0.2) is 22.7 Å². The standard InChI is InChI=1S/C11H15FN2O5S/c1-7(12)11(19-9(15)6-18-2)10-8(20(13,16)17)4-3-5-14-10/h3-5,7,11H,6H2,1-2H3,(H2,13,16,17). The number of methoxy groups -OCH3 is 1. The summed E-state index contributed by atoms with van der Waals surface area (Å²) in [4.78, 5) is 14.7. The van der Waals surface area contributed by atoms with E-state index in [-0.39, 0.29) is 17.2 Å². The average Bonchev–Trinajstić information content (AvgIpc) is 2.35. The molecule has 2 unspecified atom stereocenters. The van der Waals surface area contributed by atoms with Crippen molar-refractivity contribution in [3.05, 3.63) is 24.0 Å². The summed E-state index contributed by atoms with van der Waals surface area (Å²) in [6.45, 7) is 0.729. The summed E-state index contributed by atoms with van der Waals surface area (Å²) in [7, 11) is -2.84. The lowest BCUT2D eigenvalue weighted by molar-refractivity contribution is -0.157. The lowest BCUT2D eigenvalue weighted by Gasteiger charge is -2.20. The summed E-state index contributed by atoms with van der Waals surface area (Å²) in [6, 6.07) is 2.50. The molecular formula is C11H15FN2O5S. The molecule has 2 atom stereocenters. The fourth-order valence-corrected chi connectivity index (χ4v) is 2.25. The number of alkyl halides is 1. The number of esters is 1. The van der Waals surface area contributed by atoms with Crippen LogP contribution in [0.3, 0.4) is 0 Å². The summed E-state index contributed by atoms with van der Waals surface area (Å²) in [5, 5.41) is 5.03. The molecule has 0 fully saturated rings. The molecule has 1 aromatic rings. The smallest absolute Gasteiger partial charge is 0.332 e. The summed E-state index contributed by atoms with van der Waals surface area (Å²) >= 11 is 0. The number of rotatable bonds is 6. The van der Waals surface area contributed by atoms with Gasteiger partial charge in [-0.3, -0.25) is 4.98 Å². The number of sulfonamides is 1. The van der Waals surface area contributed by atoms with E-state index in [1.165, 1.54) is 19.4 Å². The van der Waals surface area contributed by atoms with E-state index in [1.54, 1.807) is 0 Å². The molecule has 1 heterocycles. The molecule has 0 bridgehead atoms. The molecule has 112 valence electrons. The van der Waals surface area contributed by atoms with Gasteiger partial charge in [0.15, 0.2) is 6.10 Å². The molecule has 0 aliphatic carbocycles. The van der Waals surface area contributed by atoms with Crippen molar-refractivity contribution in [1.82, 2.24) is 4.98 Å². The van der Waals surface area contributed by atoms with Gasteiger partial charge in [-0.15, -0.1) is 0 Å². The van der Waals surface area contributed by atoms with Gasteiger partial charge in [0.05, 0.1) is 0 Å². The number of ether oxygens (including phenoxy) is 2. The van der Waals surface area contributed by atoms with Gasteiger partial charge in [-0.1, -0.05) is 0 Å². The van der Waals surface area contributed by atoms with Crippen LogP contribution < -0.4 is 5.14 Å². The largest absolute Gasteiger partial charge is 0.451 e. The quantitative estimate of drug-likeness (QED) is 0.758. The second-order valence-corrected chi connectivity index (χ2v) is 5.48. The maximum atomic E-state index is 13.6. The Morgan fingerprint density at radius 3 is 2.70 bits per heavy atom. The average molecular weight is 306 g/mol. The normalized spacial score (nSPS) is 14.6. The van der Waals surface area contributed by atoms with Crippen molar-refractivity contribution < 1.29 is 27.1 Å². The molecule has 20 heavy (non-hydrogen) atoms. The van der Waals surface area contributed by atoms with Crippen LogP contribution in [0.4, 0.5) is 4.39 Å². The fourth-order valence-electron chi connectivity index (χ4n) is 1.52. The Labute approximate surface area is 115 Å². The van der Waals surface area contributed by atoms with E-state index in [2.05, 4.69) is 9.72 Å². The predicted molar refractivity (Wildman–Crippen MR) is 66.9 cm³/mol. The molecule has 0 spiro atoms. The number of nitrogens with two attached hydrogens (primary N) is 1. The number of nitrogens with zero attached hydrogens (tertiary/aromatic N) is 1. The van der Waals surface area contributed by atoms with E-state index >= 15 is 0 Å². The highest BCUT2D eigenvalue weighted by Crippen LogP contribution is 2.27. The molecule has 1 aromatic heterocycles. The van der Waals surface area contributed by atoms with Crippen molar-refractivity contribution in [2.24, 2.45) is 5.14 Å². The lowest BCUT2D eigenvalue weighted by Crippen LogP contribution is -2.25. The number of hydrogen-bond donors (Lipinski definition) is 1. The van der Waals surface area contributed by atoms with Gasteiger partial charge < -0.3 is 9.47 Å². The number of pyridine rings is 1. The fraction of sp³-hybridized carbons (Fsp3) is 0.455. The van der Waals surface area contributed by atoms with Gasteiger partial charge in [-0.05, 0) is 19.1 Å². The topological polar surface area (TPSA) is 109 Å². The zero-order valence-electron chi connectivity index (χ0n) is 10.9. The van der Waals surface area contributed by atoms with Gasteiger partial charge in [0.2, 0.25) is 10.0 Å². The van der Waals surface area contributed by atoms with Crippen molar-refractivity contribution in [3.8, 4) is 0 Å². The number of primary sulfonamides is 1. The van der Waals surface area contributed by atoms with Crippen molar-refractivity contribution >= 4 is 16.0 Å². The third kappa shape index (κ3) is 4.22. The molecule has 0 aliphatic rings. The molecule has 0 aliphatic heterocycles. The van der Waals surface area contributed by atoms with Crippen LogP contribution >= 0.6 is 0 Å². The third-order valence-electron chi connectivity index (χ3n) is 2.31. The number of hydrogen-bond acceptors (Lipinski definition) is 6. The molecule has 0 saturated carbocycles. The summed E-state index contributed by atoms with van der Waals surface area (Å²) in [6.07, 6.45) is -1.90. The zero-order valence-corrected chi connectivity index (χ0v) is 11.8. The van der Waals surface area contributed by atoms with Crippen LogP contribution in [0, 0.1) is 0 Å². The Kier molecular flexibility index (Phi) is 5.54. The van der Waals surface area contributed by atoms with E-state index < -0.39 is 28.3 Å². The maximum Gasteiger partial charge on any atom is 0.332 e. The molecule has 0 radical (unpaired) electrons. The van der Waals surface area contributed by atoms with Crippen LogP contribution in [0.25, 0.3) is 0 Å². The molecule has 1 rings (SSSR count). The summed E-state index contributed by atoms with van der Waals surface area (Å²) < 4.78 is 45.9. The Bertz CT molecular complexity index is 576. The monoisotopic (exact) mass is 306 g/mol. The molecule has 2 N–H and O–H groups in total. The first kappa shape index (κ1) is 16.5. The van der Waals surface area contributed by atoms with Crippen LogP contribution in [-0.4, -0.2) is 39.3 Å². The predicted octanol–water partition coefficient (Wildman–Crippen LogP) is 0.318. The van der Waals surface area contributed by atoms with Crippen LogP contribution in [0.15, 0.2) is 23.2 Å². The number of carbonyl (C=O) groups is 1. The molecule has 9 heteroatoms. The highest BCUT2D eigenvalue weighted by Gasteiger charge is 2.30. The summed E-state index contributed by atoms with van der Waals surface area (Å²) in [5.74, 6) is -0.840. The summed E-state index contributed by atoms with van der Waals surface area (Å²) in [5.41, 5.74) is -0.255. The molecule has 0 aromatic carbocycles. The highest BCUT2D eigenvalue weighted by atomic mass is 32.2. The second kappa shape index (κ2) is 6.73. The van der Waals surface area contributed by atoms with E-state index in [4.69, 9.17) is 9.88 Å². The number of aromatic nitrogens is 1. The van der Waals surface area contributed by atoms with Gasteiger partial charge in [0.25, 0.3) is 0 Å². The second-order valence-electron chi connectivity index (χ2n) is 3.95. The van der Waals surface area contributed by atoms with Crippen LogP contribution in [0.1, 0.15) is 18.7 Å². The SMILES string of the molecule is COCC(=O)OC(c1ncccc1S(N)(=O)=O)C(C)F. The van der Waals surface area contributed by atoms with Crippen molar-refractivity contribution in [3.63, 3.8) is 0 Å². The molecular weight excluding hydrogens is 291 g/mol. The van der Waals surface area contributed by atoms with Gasteiger partial charge >= 0.3 is 5.97 Å². The first-order chi connectivity index (χ1) is 9.27. The minimum Gasteiger partial charge on any atom is -0.451 e. The minimum atomic E-state index is -4.11. The van der Waals surface area contributed by atoms with Gasteiger partial charge in [-0.2, -0.15) is 0 Å². The Morgan fingerprint density at radius 2 is 2.20 bits per heavy atom. The Hall–Kier alpha value is -1.58. The van der Waals surface area contributed by atoms with Crippen molar-refractivity contribution in [1.29, 1.82) is 0 Å². The molecule has 7 nitrogen and oxygen atoms in total. The number of carbonyl (C=O) groups excluding carboxylic acids is 1. The van der Waals surface area contributed by atoms with Crippen molar-refractivity contribution in [2.45, 2.75) is 24.1 Å². The lowest BCUT2D eigenvalue weighted by atomic mass is 10.1. The first-order valence-corrected chi connectivity index (χ1v) is 7.12. The van der Waals surface area contributed by atoms with E-state index in [0.29, 0.717) is 0 Å². The Morgan fingerprint density at radius 1 is 1.55 bits per heavy atom. The minimum absolute atomic E-state index is 0.255. The molecule has 0 amide bonds. The van der Waals surface area contributed by atoms with Gasteiger partial charge in [0.1, 0.15) is 23.4 Å². The highest BCUT2D eigenvalue weighted by molar-refractivity contribution is 7.89. The van der Waals surface area contributed by atoms with E-state index in [0.717, 1.165) is 13.0 Å². The molecule has 0 saturated heterocycles. The number of halogens is 1. The van der Waals surface area contributed by atoms with Gasteiger partial charge in [0, 0.05) is 13.3 Å². The van der Waals surface area contributed by atoms with Crippen LogP contribution in [0.5, 0.6) is 0 Å². The third-order valence-corrected chi connectivity index (χ3v) is 3.27. The Balaban J connectivity index is 3.20. The van der Waals surface area contributed by atoms with E-state index in [1.807, 2.05) is 0 Å². The van der Waals surface area contributed by atoms with Crippen LogP contribution in [0.2, 0.25) is 0 Å².